The third-order valence-electron chi connectivity index (χ3n) is 3.40. The van der Waals surface area contributed by atoms with Crippen LogP contribution in [0.3, 0.4) is 0 Å². The second-order valence-corrected chi connectivity index (χ2v) is 7.66. The summed E-state index contributed by atoms with van der Waals surface area (Å²) in [6, 6.07) is 10.9. The molecule has 2 aromatic carbocycles. The summed E-state index contributed by atoms with van der Waals surface area (Å²) in [5.41, 5.74) is 3.04. The predicted molar refractivity (Wildman–Crippen MR) is 107 cm³/mol. The fourth-order valence-corrected chi connectivity index (χ4v) is 3.78. The molecule has 1 aliphatic rings. The molecule has 1 heterocycles. The van der Waals surface area contributed by atoms with E-state index in [2.05, 4.69) is 5.43 Å². The van der Waals surface area contributed by atoms with Gasteiger partial charge >= 0.3 is 0 Å². The van der Waals surface area contributed by atoms with E-state index in [4.69, 9.17) is 35.4 Å². The number of hydrogen-bond acceptors (Lipinski definition) is 5. The number of phenolic OH excluding ortho intramolecular Hbond substituents is 1. The van der Waals surface area contributed by atoms with Crippen LogP contribution in [0.4, 0.5) is 0 Å². The molecule has 1 aliphatic heterocycles. The minimum atomic E-state index is -0.648. The number of thiocarbonyl (C=S) groups is 1. The molecule has 0 saturated carbocycles. The Morgan fingerprint density at radius 1 is 1.23 bits per heavy atom. The predicted octanol–water partition coefficient (Wildman–Crippen LogP) is 4.25. The van der Waals surface area contributed by atoms with E-state index in [-0.39, 0.29) is 15.6 Å². The highest BCUT2D eigenvalue weighted by atomic mass is 35.5. The van der Waals surface area contributed by atoms with Gasteiger partial charge in [-0.1, -0.05) is 53.2 Å². The van der Waals surface area contributed by atoms with E-state index in [1.54, 1.807) is 36.4 Å². The summed E-state index contributed by atoms with van der Waals surface area (Å²) in [6.07, 6.45) is 1.57. The molecule has 3 rings (SSSR count). The lowest BCUT2D eigenvalue weighted by atomic mass is 10.2. The van der Waals surface area contributed by atoms with Gasteiger partial charge in [0.25, 0.3) is 11.8 Å². The maximum Gasteiger partial charge on any atom is 0.285 e. The van der Waals surface area contributed by atoms with Crippen molar-refractivity contribution < 1.29 is 14.7 Å². The SMILES string of the molecule is O=C(NN1C(=O)C(=Cc2ccc(Cl)cc2Cl)SC1=S)c1ccccc1O. The molecule has 2 aromatic rings. The van der Waals surface area contributed by atoms with Gasteiger partial charge in [-0.25, -0.2) is 0 Å². The number of halogens is 2. The highest BCUT2D eigenvalue weighted by Gasteiger charge is 2.34. The molecule has 26 heavy (non-hydrogen) atoms. The maximum atomic E-state index is 12.6. The Morgan fingerprint density at radius 2 is 1.96 bits per heavy atom. The topological polar surface area (TPSA) is 69.6 Å². The van der Waals surface area contributed by atoms with Crippen LogP contribution in [-0.4, -0.2) is 26.3 Å². The van der Waals surface area contributed by atoms with Crippen LogP contribution in [0.15, 0.2) is 47.4 Å². The summed E-state index contributed by atoms with van der Waals surface area (Å²) >= 11 is 18.2. The van der Waals surface area contributed by atoms with Crippen molar-refractivity contribution in [1.29, 1.82) is 0 Å². The molecule has 2 N–H and O–H groups in total. The van der Waals surface area contributed by atoms with Gasteiger partial charge in [-0.15, -0.1) is 0 Å². The molecule has 0 atom stereocenters. The van der Waals surface area contributed by atoms with Gasteiger partial charge in [0.15, 0.2) is 4.32 Å². The fraction of sp³-hybridized carbons (Fsp3) is 0. The normalized spacial score (nSPS) is 15.6. The standard InChI is InChI=1S/C17H10Cl2N2O3S2/c18-10-6-5-9(12(19)8-10)7-14-16(24)21(17(25)26-14)20-15(23)11-3-1-2-4-13(11)22/h1-8,22H,(H,20,23). The van der Waals surface area contributed by atoms with Gasteiger partial charge in [0, 0.05) is 10.0 Å². The van der Waals surface area contributed by atoms with Crippen LogP contribution >= 0.6 is 47.2 Å². The van der Waals surface area contributed by atoms with Crippen molar-refractivity contribution in [3.05, 3.63) is 68.5 Å². The lowest BCUT2D eigenvalue weighted by Gasteiger charge is -2.16. The first-order valence-electron chi connectivity index (χ1n) is 7.19. The molecule has 2 amide bonds. The van der Waals surface area contributed by atoms with Gasteiger partial charge in [-0.2, -0.15) is 5.01 Å². The Kier molecular flexibility index (Phi) is 5.52. The Morgan fingerprint density at radius 3 is 2.65 bits per heavy atom. The summed E-state index contributed by atoms with van der Waals surface area (Å²) in [7, 11) is 0. The average molecular weight is 425 g/mol. The lowest BCUT2D eigenvalue weighted by molar-refractivity contribution is -0.123. The molecule has 0 spiro atoms. The number of phenols is 1. The number of para-hydroxylation sites is 1. The highest BCUT2D eigenvalue weighted by molar-refractivity contribution is 8.26. The van der Waals surface area contributed by atoms with Gasteiger partial charge in [-0.3, -0.25) is 15.0 Å². The van der Waals surface area contributed by atoms with Crippen LogP contribution in [0, 0.1) is 0 Å². The molecule has 5 nitrogen and oxygen atoms in total. The summed E-state index contributed by atoms with van der Waals surface area (Å²) in [5.74, 6) is -1.33. The summed E-state index contributed by atoms with van der Waals surface area (Å²) in [6.45, 7) is 0. The summed E-state index contributed by atoms with van der Waals surface area (Å²) in [4.78, 5) is 25.1. The minimum absolute atomic E-state index is 0.0336. The third kappa shape index (κ3) is 3.86. The molecule has 0 aliphatic carbocycles. The number of carbonyl (C=O) groups is 2. The number of nitrogens with one attached hydrogen (secondary N) is 1. The van der Waals surface area contributed by atoms with Crippen LogP contribution in [0.5, 0.6) is 5.75 Å². The summed E-state index contributed by atoms with van der Waals surface area (Å²) < 4.78 is 0.162. The Hall–Kier alpha value is -2.06. The minimum Gasteiger partial charge on any atom is -0.507 e. The number of aromatic hydroxyl groups is 1. The molecule has 0 bridgehead atoms. The number of thioether (sulfide) groups is 1. The van der Waals surface area contributed by atoms with Crippen molar-refractivity contribution in [2.75, 3.05) is 0 Å². The van der Waals surface area contributed by atoms with Gasteiger partial charge in [0.1, 0.15) is 5.75 Å². The van der Waals surface area contributed by atoms with Crippen LogP contribution in [0.2, 0.25) is 10.0 Å². The molecular formula is C17H10Cl2N2O3S2. The zero-order valence-corrected chi connectivity index (χ0v) is 16.0. The first-order valence-corrected chi connectivity index (χ1v) is 9.17. The molecular weight excluding hydrogens is 415 g/mol. The summed E-state index contributed by atoms with van der Waals surface area (Å²) in [5, 5.41) is 11.6. The van der Waals surface area contributed by atoms with Crippen molar-refractivity contribution in [2.24, 2.45) is 0 Å². The first kappa shape index (κ1) is 18.7. The second kappa shape index (κ2) is 7.67. The molecule has 1 saturated heterocycles. The third-order valence-corrected chi connectivity index (χ3v) is 5.27. The number of rotatable bonds is 3. The van der Waals surface area contributed by atoms with Crippen LogP contribution in [-0.2, 0) is 4.79 Å². The molecule has 0 radical (unpaired) electrons. The molecule has 9 heteroatoms. The number of nitrogens with zero attached hydrogens (tertiary/aromatic N) is 1. The molecule has 0 aromatic heterocycles. The zero-order chi connectivity index (χ0) is 18.8. The van der Waals surface area contributed by atoms with Crippen molar-refractivity contribution in [1.82, 2.24) is 10.4 Å². The Labute approximate surface area is 168 Å². The number of amides is 2. The number of carbonyl (C=O) groups excluding carboxylic acids is 2. The molecule has 132 valence electrons. The van der Waals surface area contributed by atoms with Crippen molar-refractivity contribution in [3.63, 3.8) is 0 Å². The van der Waals surface area contributed by atoms with Crippen LogP contribution in [0.25, 0.3) is 6.08 Å². The van der Waals surface area contributed by atoms with E-state index >= 15 is 0 Å². The molecule has 0 unspecified atom stereocenters. The van der Waals surface area contributed by atoms with Gasteiger partial charge in [0.05, 0.1) is 10.5 Å². The van der Waals surface area contributed by atoms with Crippen molar-refractivity contribution >= 4 is 69.4 Å². The van der Waals surface area contributed by atoms with E-state index < -0.39 is 11.8 Å². The second-order valence-electron chi connectivity index (χ2n) is 5.14. The quantitative estimate of drug-likeness (QED) is 0.569. The van der Waals surface area contributed by atoms with Gasteiger partial charge < -0.3 is 5.11 Å². The first-order chi connectivity index (χ1) is 12.4. The largest absolute Gasteiger partial charge is 0.507 e. The number of benzene rings is 2. The molecule has 1 fully saturated rings. The average Bonchev–Trinajstić information content (AvgIpc) is 2.85. The smallest absolute Gasteiger partial charge is 0.285 e. The van der Waals surface area contributed by atoms with Crippen LogP contribution in [0.1, 0.15) is 15.9 Å². The van der Waals surface area contributed by atoms with E-state index in [1.165, 1.54) is 12.1 Å². The van der Waals surface area contributed by atoms with E-state index in [0.717, 1.165) is 16.8 Å². The highest BCUT2D eigenvalue weighted by Crippen LogP contribution is 2.33. The zero-order valence-electron chi connectivity index (χ0n) is 12.9. The van der Waals surface area contributed by atoms with Gasteiger partial charge in [-0.05, 0) is 48.1 Å². The fourth-order valence-electron chi connectivity index (χ4n) is 2.15. The van der Waals surface area contributed by atoms with E-state index in [1.807, 2.05) is 0 Å². The monoisotopic (exact) mass is 424 g/mol. The maximum absolute atomic E-state index is 12.6. The lowest BCUT2D eigenvalue weighted by Crippen LogP contribution is -2.44. The number of hydrazine groups is 1. The van der Waals surface area contributed by atoms with E-state index in [9.17, 15) is 14.7 Å². The Bertz CT molecular complexity index is 963. The van der Waals surface area contributed by atoms with E-state index in [0.29, 0.717) is 20.5 Å². The Balaban J connectivity index is 1.82. The van der Waals surface area contributed by atoms with Gasteiger partial charge in [0.2, 0.25) is 0 Å². The van der Waals surface area contributed by atoms with Crippen molar-refractivity contribution in [2.45, 2.75) is 0 Å². The number of hydrogen-bond donors (Lipinski definition) is 2. The van der Waals surface area contributed by atoms with Crippen LogP contribution < -0.4 is 5.43 Å². The van der Waals surface area contributed by atoms with Crippen molar-refractivity contribution in [3.8, 4) is 5.75 Å².